The summed E-state index contributed by atoms with van der Waals surface area (Å²) in [6.07, 6.45) is 0.944. The Kier molecular flexibility index (Phi) is 8.11. The minimum Gasteiger partial charge on any atom is -0.488 e. The van der Waals surface area contributed by atoms with Crippen LogP contribution in [0, 0.1) is 5.82 Å². The van der Waals surface area contributed by atoms with Gasteiger partial charge in [0.05, 0.1) is 5.02 Å². The highest BCUT2D eigenvalue weighted by molar-refractivity contribution is 7.99. The molecule has 6 nitrogen and oxygen atoms in total. The maximum atomic E-state index is 14.0. The molecule has 1 N–H and O–H groups in total. The molecule has 29 heavy (non-hydrogen) atoms. The average Bonchev–Trinajstić information content (AvgIpc) is 3.10. The van der Waals surface area contributed by atoms with Crippen LogP contribution >= 0.6 is 35.0 Å². The Hall–Kier alpha value is -1.87. The van der Waals surface area contributed by atoms with Gasteiger partial charge in [-0.1, -0.05) is 41.0 Å². The summed E-state index contributed by atoms with van der Waals surface area (Å²) in [5, 5.41) is 16.5. The number of benzene rings is 2. The first kappa shape index (κ1) is 21.8. The Balaban J connectivity index is 1.50. The van der Waals surface area contributed by atoms with Crippen molar-refractivity contribution in [1.82, 2.24) is 25.5 Å². The minimum atomic E-state index is -0.387. The van der Waals surface area contributed by atoms with Crippen LogP contribution in [0.5, 0.6) is 5.75 Å². The Morgan fingerprint density at radius 3 is 2.86 bits per heavy atom. The largest absolute Gasteiger partial charge is 0.488 e. The van der Waals surface area contributed by atoms with Crippen LogP contribution in [-0.4, -0.2) is 32.5 Å². The van der Waals surface area contributed by atoms with Crippen molar-refractivity contribution in [3.05, 3.63) is 63.4 Å². The first-order valence-corrected chi connectivity index (χ1v) is 10.7. The number of nitrogens with one attached hydrogen (secondary N) is 1. The number of nitrogens with zero attached hydrogens (tertiary/aromatic N) is 4. The quantitative estimate of drug-likeness (QED) is 0.358. The predicted molar refractivity (Wildman–Crippen MR) is 113 cm³/mol. The molecular formula is C19H20Cl2FN5OS. The minimum absolute atomic E-state index is 0.0442. The molecule has 0 atom stereocenters. The van der Waals surface area contributed by atoms with Crippen molar-refractivity contribution in [2.75, 3.05) is 12.3 Å². The van der Waals surface area contributed by atoms with Crippen molar-refractivity contribution in [2.24, 2.45) is 7.05 Å². The molecule has 2 aromatic carbocycles. The average molecular weight is 456 g/mol. The normalized spacial score (nSPS) is 11.0. The van der Waals surface area contributed by atoms with Crippen LogP contribution in [0.25, 0.3) is 0 Å². The maximum Gasteiger partial charge on any atom is 0.209 e. The monoisotopic (exact) mass is 455 g/mol. The summed E-state index contributed by atoms with van der Waals surface area (Å²) in [7, 11) is 1.82. The van der Waals surface area contributed by atoms with Crippen LogP contribution in [0.15, 0.2) is 41.6 Å². The Morgan fingerprint density at radius 2 is 2.10 bits per heavy atom. The van der Waals surface area contributed by atoms with Crippen molar-refractivity contribution in [2.45, 2.75) is 24.7 Å². The molecule has 0 aliphatic heterocycles. The van der Waals surface area contributed by atoms with Crippen molar-refractivity contribution in [3.8, 4) is 5.75 Å². The van der Waals surface area contributed by atoms with E-state index >= 15 is 0 Å². The van der Waals surface area contributed by atoms with Gasteiger partial charge in [-0.05, 0) is 53.7 Å². The molecule has 10 heteroatoms. The molecule has 0 bridgehead atoms. The third kappa shape index (κ3) is 6.30. The Labute approximate surface area is 182 Å². The van der Waals surface area contributed by atoms with E-state index in [1.807, 2.05) is 13.1 Å². The SMILES string of the molecule is Cn1nnnc1SCCCNCc1cc(Cl)ccc1OCc1c(F)cccc1Cl. The Bertz CT molecular complexity index is 936. The highest BCUT2D eigenvalue weighted by Gasteiger charge is 2.10. The molecule has 0 spiro atoms. The number of ether oxygens (including phenoxy) is 1. The number of halogens is 3. The first-order chi connectivity index (χ1) is 14.0. The number of aromatic nitrogens is 4. The fraction of sp³-hybridized carbons (Fsp3) is 0.316. The summed E-state index contributed by atoms with van der Waals surface area (Å²) in [6.45, 7) is 1.43. The molecule has 0 amide bonds. The van der Waals surface area contributed by atoms with E-state index in [2.05, 4.69) is 20.8 Å². The van der Waals surface area contributed by atoms with Gasteiger partial charge in [0.15, 0.2) is 0 Å². The third-order valence-corrected chi connectivity index (χ3v) is 5.77. The lowest BCUT2D eigenvalue weighted by Crippen LogP contribution is -2.16. The van der Waals surface area contributed by atoms with E-state index in [9.17, 15) is 4.39 Å². The lowest BCUT2D eigenvalue weighted by molar-refractivity contribution is 0.296. The van der Waals surface area contributed by atoms with Crippen LogP contribution in [0.1, 0.15) is 17.5 Å². The van der Waals surface area contributed by atoms with Crippen molar-refractivity contribution in [1.29, 1.82) is 0 Å². The van der Waals surface area contributed by atoms with E-state index < -0.39 is 0 Å². The lowest BCUT2D eigenvalue weighted by atomic mass is 10.2. The molecule has 0 saturated carbocycles. The zero-order chi connectivity index (χ0) is 20.6. The van der Waals surface area contributed by atoms with Gasteiger partial charge in [0.2, 0.25) is 5.16 Å². The van der Waals surface area contributed by atoms with Crippen molar-refractivity contribution in [3.63, 3.8) is 0 Å². The van der Waals surface area contributed by atoms with Gasteiger partial charge in [0, 0.05) is 35.5 Å². The summed E-state index contributed by atoms with van der Waals surface area (Å²) in [5.74, 6) is 1.15. The fourth-order valence-corrected chi connectivity index (χ4v) is 3.78. The second-order valence-electron chi connectivity index (χ2n) is 6.20. The highest BCUT2D eigenvalue weighted by Crippen LogP contribution is 2.26. The fourth-order valence-electron chi connectivity index (χ4n) is 2.57. The molecule has 0 aliphatic carbocycles. The number of tetrazole rings is 1. The topological polar surface area (TPSA) is 64.9 Å². The van der Waals surface area contributed by atoms with Gasteiger partial charge in [-0.25, -0.2) is 9.07 Å². The van der Waals surface area contributed by atoms with Gasteiger partial charge in [-0.2, -0.15) is 0 Å². The van der Waals surface area contributed by atoms with Crippen LogP contribution in [0.2, 0.25) is 10.0 Å². The van der Waals surface area contributed by atoms with Gasteiger partial charge in [-0.15, -0.1) is 5.10 Å². The van der Waals surface area contributed by atoms with Gasteiger partial charge >= 0.3 is 0 Å². The van der Waals surface area contributed by atoms with E-state index in [0.29, 0.717) is 27.9 Å². The maximum absolute atomic E-state index is 14.0. The number of hydrogen-bond donors (Lipinski definition) is 1. The molecule has 0 radical (unpaired) electrons. The molecule has 3 aromatic rings. The van der Waals surface area contributed by atoms with Crippen LogP contribution in [-0.2, 0) is 20.2 Å². The summed E-state index contributed by atoms with van der Waals surface area (Å²) in [4.78, 5) is 0. The van der Waals surface area contributed by atoms with Crippen LogP contribution < -0.4 is 10.1 Å². The summed E-state index contributed by atoms with van der Waals surface area (Å²) >= 11 is 13.8. The zero-order valence-electron chi connectivity index (χ0n) is 15.7. The number of thioether (sulfide) groups is 1. The van der Waals surface area contributed by atoms with E-state index in [-0.39, 0.29) is 12.4 Å². The molecule has 1 heterocycles. The summed E-state index contributed by atoms with van der Waals surface area (Å²) in [5.41, 5.74) is 1.23. The molecular weight excluding hydrogens is 436 g/mol. The summed E-state index contributed by atoms with van der Waals surface area (Å²) < 4.78 is 21.4. The molecule has 0 aliphatic rings. The van der Waals surface area contributed by atoms with Gasteiger partial charge < -0.3 is 10.1 Å². The molecule has 0 saturated heterocycles. The standard InChI is InChI=1S/C19H20Cl2FN5OS/c1-27-19(24-25-26-27)29-9-3-8-23-11-13-10-14(20)6-7-18(13)28-12-15-16(21)4-2-5-17(15)22/h2,4-7,10,23H,3,8-9,11-12H2,1H3. The second-order valence-corrected chi connectivity index (χ2v) is 8.11. The van der Waals surface area contributed by atoms with E-state index in [0.717, 1.165) is 29.4 Å². The lowest BCUT2D eigenvalue weighted by Gasteiger charge is -2.14. The number of hydrogen-bond acceptors (Lipinski definition) is 6. The predicted octanol–water partition coefficient (Wildman–Crippen LogP) is 4.51. The van der Waals surface area contributed by atoms with Crippen molar-refractivity contribution < 1.29 is 9.13 Å². The van der Waals surface area contributed by atoms with Gasteiger partial charge in [0.1, 0.15) is 18.2 Å². The van der Waals surface area contributed by atoms with Crippen LogP contribution in [0.3, 0.4) is 0 Å². The van der Waals surface area contributed by atoms with Gasteiger partial charge in [-0.3, -0.25) is 0 Å². The van der Waals surface area contributed by atoms with Crippen LogP contribution in [0.4, 0.5) is 4.39 Å². The van der Waals surface area contributed by atoms with E-state index in [1.54, 1.807) is 40.7 Å². The molecule has 0 fully saturated rings. The van der Waals surface area contributed by atoms with E-state index in [1.165, 1.54) is 6.07 Å². The second kappa shape index (κ2) is 10.8. The van der Waals surface area contributed by atoms with Gasteiger partial charge in [0.25, 0.3) is 0 Å². The highest BCUT2D eigenvalue weighted by atomic mass is 35.5. The van der Waals surface area contributed by atoms with Crippen molar-refractivity contribution >= 4 is 35.0 Å². The Morgan fingerprint density at radius 1 is 1.24 bits per heavy atom. The third-order valence-electron chi connectivity index (χ3n) is 4.08. The molecule has 0 unspecified atom stereocenters. The number of rotatable bonds is 10. The number of aryl methyl sites for hydroxylation is 1. The molecule has 1 aromatic heterocycles. The van der Waals surface area contributed by atoms with E-state index in [4.69, 9.17) is 27.9 Å². The molecule has 3 rings (SSSR count). The summed E-state index contributed by atoms with van der Waals surface area (Å²) in [6, 6.07) is 9.94. The first-order valence-electron chi connectivity index (χ1n) is 8.94. The smallest absolute Gasteiger partial charge is 0.209 e. The zero-order valence-corrected chi connectivity index (χ0v) is 18.1. The molecule has 154 valence electrons.